The van der Waals surface area contributed by atoms with Crippen LogP contribution in [0.5, 0.6) is 0 Å². The predicted molar refractivity (Wildman–Crippen MR) is 53.1 cm³/mol. The Morgan fingerprint density at radius 3 is 1.60 bits per heavy atom. The molecule has 0 aliphatic heterocycles. The lowest BCUT2D eigenvalue weighted by atomic mass is 9.95. The van der Waals surface area contributed by atoms with Crippen LogP contribution in [0.15, 0.2) is 0 Å². The molecule has 15 heavy (non-hydrogen) atoms. The van der Waals surface area contributed by atoms with Crippen molar-refractivity contribution in [3.8, 4) is 0 Å². The van der Waals surface area contributed by atoms with E-state index >= 15 is 0 Å². The van der Waals surface area contributed by atoms with E-state index in [1.165, 1.54) is 27.7 Å². The largest absolute Gasteiger partial charge is 0.523 e. The van der Waals surface area contributed by atoms with Gasteiger partial charge < -0.3 is 0 Å². The summed E-state index contributed by atoms with van der Waals surface area (Å²) >= 11 is 3.06. The van der Waals surface area contributed by atoms with Gasteiger partial charge >= 0.3 is 15.6 Å². The predicted octanol–water partition coefficient (Wildman–Crippen LogP) is 2.80. The third kappa shape index (κ3) is 3.60. The van der Waals surface area contributed by atoms with Gasteiger partial charge in [-0.05, 0) is 27.7 Å². The summed E-state index contributed by atoms with van der Waals surface area (Å²) in [6.07, 6.45) is 0. The zero-order chi connectivity index (χ0) is 12.7. The van der Waals surface area contributed by atoms with Crippen LogP contribution in [0.2, 0.25) is 0 Å². The third-order valence-corrected chi connectivity index (χ3v) is 4.19. The van der Waals surface area contributed by atoms with Crippen molar-refractivity contribution in [1.82, 2.24) is 0 Å². The Kier molecular flexibility index (Phi) is 3.93. The molecule has 0 rings (SSSR count). The highest BCUT2D eigenvalue weighted by Gasteiger charge is 2.52. The first-order chi connectivity index (χ1) is 6.21. The highest BCUT2D eigenvalue weighted by molar-refractivity contribution is 9.10. The minimum Gasteiger partial charge on any atom is -0.256 e. The summed E-state index contributed by atoms with van der Waals surface area (Å²) in [5, 5.41) is 0. The fourth-order valence-electron chi connectivity index (χ4n) is 0.421. The van der Waals surface area contributed by atoms with Crippen LogP contribution < -0.4 is 0 Å². The molecular weight excluding hydrogens is 301 g/mol. The van der Waals surface area contributed by atoms with Crippen molar-refractivity contribution in [1.29, 1.82) is 0 Å². The molecule has 0 bridgehead atoms. The third-order valence-electron chi connectivity index (χ3n) is 2.03. The van der Waals surface area contributed by atoms with Crippen LogP contribution in [0.1, 0.15) is 27.7 Å². The van der Waals surface area contributed by atoms with Gasteiger partial charge in [-0.1, -0.05) is 15.9 Å². The Hall–Kier alpha value is 0.180. The quantitative estimate of drug-likeness (QED) is 0.457. The minimum absolute atomic E-state index is 0.918. The highest BCUT2D eigenvalue weighted by Crippen LogP contribution is 2.38. The number of halogens is 4. The molecule has 0 aromatic rings. The van der Waals surface area contributed by atoms with Crippen LogP contribution in [0.25, 0.3) is 0 Å². The average molecular weight is 313 g/mol. The number of rotatable bonds is 3. The van der Waals surface area contributed by atoms with Gasteiger partial charge in [-0.3, -0.25) is 4.18 Å². The smallest absolute Gasteiger partial charge is 0.256 e. The molecule has 0 saturated heterocycles. The van der Waals surface area contributed by atoms with E-state index in [0.29, 0.717) is 0 Å². The van der Waals surface area contributed by atoms with Gasteiger partial charge in [0.15, 0.2) is 0 Å². The second-order valence-electron chi connectivity index (χ2n) is 3.97. The second kappa shape index (κ2) is 3.89. The van der Waals surface area contributed by atoms with Crippen molar-refractivity contribution in [2.75, 3.05) is 0 Å². The van der Waals surface area contributed by atoms with E-state index in [4.69, 9.17) is 0 Å². The van der Waals surface area contributed by atoms with Crippen LogP contribution >= 0.6 is 15.9 Å². The standard InChI is InChI=1S/C7H12BrF3O3S/c1-5(2,8)6(3,4)14-15(12,13)7(9,10)11/h1-4H3. The molecule has 0 aromatic heterocycles. The van der Waals surface area contributed by atoms with E-state index < -0.39 is 25.6 Å². The molecular formula is C7H12BrF3O3S. The van der Waals surface area contributed by atoms with E-state index in [0.717, 1.165) is 0 Å². The summed E-state index contributed by atoms with van der Waals surface area (Å²) < 4.78 is 60.8. The van der Waals surface area contributed by atoms with Crippen LogP contribution in [-0.2, 0) is 14.3 Å². The van der Waals surface area contributed by atoms with Crippen molar-refractivity contribution >= 4 is 26.0 Å². The summed E-state index contributed by atoms with van der Waals surface area (Å²) in [4.78, 5) is 0. The zero-order valence-corrected chi connectivity index (χ0v) is 11.0. The lowest BCUT2D eigenvalue weighted by Crippen LogP contribution is -2.46. The van der Waals surface area contributed by atoms with Gasteiger partial charge in [0, 0.05) is 0 Å². The Morgan fingerprint density at radius 1 is 1.07 bits per heavy atom. The fraction of sp³-hybridized carbons (Fsp3) is 1.00. The van der Waals surface area contributed by atoms with Crippen molar-refractivity contribution in [2.24, 2.45) is 0 Å². The maximum Gasteiger partial charge on any atom is 0.523 e. The first kappa shape index (κ1) is 15.2. The van der Waals surface area contributed by atoms with Gasteiger partial charge in [-0.25, -0.2) is 0 Å². The molecule has 0 aromatic carbocycles. The molecule has 92 valence electrons. The van der Waals surface area contributed by atoms with E-state index in [1.807, 2.05) is 0 Å². The van der Waals surface area contributed by atoms with E-state index in [-0.39, 0.29) is 0 Å². The SMILES string of the molecule is CC(C)(Br)C(C)(C)OS(=O)(=O)C(F)(F)F. The molecule has 3 nitrogen and oxygen atoms in total. The van der Waals surface area contributed by atoms with Gasteiger partial charge in [0.05, 0.1) is 9.93 Å². The summed E-state index contributed by atoms with van der Waals surface area (Å²) in [6, 6.07) is 0. The molecule has 0 amide bonds. The molecule has 0 saturated carbocycles. The first-order valence-corrected chi connectivity index (χ1v) is 6.12. The zero-order valence-electron chi connectivity index (χ0n) is 8.64. The Balaban J connectivity index is 5.08. The molecule has 0 spiro atoms. The molecule has 0 aliphatic carbocycles. The van der Waals surface area contributed by atoms with Crippen molar-refractivity contribution < 1.29 is 25.8 Å². The molecule has 0 fully saturated rings. The van der Waals surface area contributed by atoms with Crippen LogP contribution in [0.3, 0.4) is 0 Å². The summed E-state index contributed by atoms with van der Waals surface area (Å²) in [6.45, 7) is 5.54. The van der Waals surface area contributed by atoms with Crippen molar-refractivity contribution in [3.05, 3.63) is 0 Å². The fourth-order valence-corrected chi connectivity index (χ4v) is 1.46. The maximum absolute atomic E-state index is 12.0. The van der Waals surface area contributed by atoms with Gasteiger partial charge in [0.2, 0.25) is 0 Å². The second-order valence-corrected chi connectivity index (χ2v) is 7.49. The summed E-state index contributed by atoms with van der Waals surface area (Å²) in [5.74, 6) is 0. The normalized spacial score (nSPS) is 15.5. The van der Waals surface area contributed by atoms with E-state index in [1.54, 1.807) is 0 Å². The number of alkyl halides is 4. The van der Waals surface area contributed by atoms with E-state index in [2.05, 4.69) is 20.1 Å². The monoisotopic (exact) mass is 312 g/mol. The lowest BCUT2D eigenvalue weighted by molar-refractivity contribution is -0.0645. The minimum atomic E-state index is -5.57. The van der Waals surface area contributed by atoms with E-state index in [9.17, 15) is 21.6 Å². The maximum atomic E-state index is 12.0. The molecule has 0 aliphatic rings. The summed E-state index contributed by atoms with van der Waals surface area (Å²) in [5.41, 5.74) is -6.91. The van der Waals surface area contributed by atoms with Crippen molar-refractivity contribution in [3.63, 3.8) is 0 Å². The Morgan fingerprint density at radius 2 is 1.40 bits per heavy atom. The average Bonchev–Trinajstić information content (AvgIpc) is 1.77. The van der Waals surface area contributed by atoms with Gasteiger partial charge in [0.1, 0.15) is 0 Å². The van der Waals surface area contributed by atoms with Gasteiger partial charge in [-0.15, -0.1) is 0 Å². The van der Waals surface area contributed by atoms with Crippen LogP contribution in [-0.4, -0.2) is 23.9 Å². The molecule has 0 unspecified atom stereocenters. The van der Waals surface area contributed by atoms with Gasteiger partial charge in [0.25, 0.3) is 0 Å². The first-order valence-electron chi connectivity index (χ1n) is 3.91. The highest BCUT2D eigenvalue weighted by atomic mass is 79.9. The Labute approximate surface area is 95.2 Å². The molecule has 0 heterocycles. The number of hydrogen-bond acceptors (Lipinski definition) is 3. The van der Waals surface area contributed by atoms with Crippen LogP contribution in [0.4, 0.5) is 13.2 Å². The molecule has 0 radical (unpaired) electrons. The lowest BCUT2D eigenvalue weighted by Gasteiger charge is -2.35. The molecule has 0 atom stereocenters. The van der Waals surface area contributed by atoms with Crippen LogP contribution in [0, 0.1) is 0 Å². The van der Waals surface area contributed by atoms with Crippen molar-refractivity contribution in [2.45, 2.75) is 43.1 Å². The number of hydrogen-bond donors (Lipinski definition) is 0. The Bertz CT molecular complexity index is 326. The topological polar surface area (TPSA) is 43.4 Å². The summed E-state index contributed by atoms with van der Waals surface area (Å²) in [7, 11) is -5.57. The van der Waals surface area contributed by atoms with Gasteiger partial charge in [-0.2, -0.15) is 21.6 Å². The molecule has 8 heteroatoms. The molecule has 0 N–H and O–H groups in total.